The molecule has 0 saturated carbocycles. The molecule has 0 unspecified atom stereocenters. The van der Waals surface area contributed by atoms with Gasteiger partial charge in [-0.2, -0.15) is 4.98 Å². The summed E-state index contributed by atoms with van der Waals surface area (Å²) in [6, 6.07) is 11.7. The van der Waals surface area contributed by atoms with Gasteiger partial charge in [0.25, 0.3) is 0 Å². The zero-order valence-electron chi connectivity index (χ0n) is 20.1. The van der Waals surface area contributed by atoms with Gasteiger partial charge in [0.2, 0.25) is 5.95 Å². The maximum Gasteiger partial charge on any atom is 0.310 e. The number of aromatic nitrogens is 3. The first-order valence-corrected chi connectivity index (χ1v) is 13.8. The second kappa shape index (κ2) is 10.9. The molecule has 3 aromatic rings. The Balaban J connectivity index is 1.36. The van der Waals surface area contributed by atoms with E-state index in [1.165, 1.54) is 12.7 Å². The number of aryl methyl sites for hydroxylation is 1. The van der Waals surface area contributed by atoms with Crippen molar-refractivity contribution in [2.45, 2.75) is 42.9 Å². The van der Waals surface area contributed by atoms with E-state index in [-0.39, 0.29) is 12.4 Å². The van der Waals surface area contributed by atoms with Crippen LogP contribution in [-0.2, 0) is 33.2 Å². The molecule has 8 nitrogen and oxygen atoms in total. The second-order valence-corrected chi connectivity index (χ2v) is 11.0. The number of methoxy groups -OCH3 is 1. The van der Waals surface area contributed by atoms with E-state index in [9.17, 15) is 9.00 Å². The highest BCUT2D eigenvalue weighted by Crippen LogP contribution is 2.34. The molecule has 0 aliphatic carbocycles. The lowest BCUT2D eigenvalue weighted by molar-refractivity contribution is -0.139. The van der Waals surface area contributed by atoms with Crippen molar-refractivity contribution in [1.82, 2.24) is 15.0 Å². The van der Waals surface area contributed by atoms with Crippen LogP contribution >= 0.6 is 11.6 Å². The van der Waals surface area contributed by atoms with E-state index >= 15 is 0 Å². The number of fused-ring (bicyclic) bond motifs is 1. The van der Waals surface area contributed by atoms with Crippen molar-refractivity contribution in [3.8, 4) is 0 Å². The Labute approximate surface area is 217 Å². The minimum absolute atomic E-state index is 0.160. The molecule has 188 valence electrons. The maximum atomic E-state index is 12.9. The predicted molar refractivity (Wildman–Crippen MR) is 141 cm³/mol. The molecule has 0 bridgehead atoms. The topological polar surface area (TPSA) is 97.3 Å². The number of hydrogen-bond acceptors (Lipinski definition) is 8. The van der Waals surface area contributed by atoms with Crippen molar-refractivity contribution in [3.05, 3.63) is 64.4 Å². The molecule has 10 heteroatoms. The average Bonchev–Trinajstić information content (AvgIpc) is 2.90. The minimum atomic E-state index is -1.17. The number of halogens is 1. The summed E-state index contributed by atoms with van der Waals surface area (Å²) in [6.45, 7) is 1.68. The molecule has 2 aliphatic heterocycles. The van der Waals surface area contributed by atoms with E-state index in [1.807, 2.05) is 18.2 Å². The highest BCUT2D eigenvalue weighted by atomic mass is 35.5. The lowest BCUT2D eigenvalue weighted by atomic mass is 9.89. The van der Waals surface area contributed by atoms with Crippen molar-refractivity contribution < 1.29 is 13.7 Å². The Morgan fingerprint density at radius 2 is 1.94 bits per heavy atom. The number of esters is 1. The van der Waals surface area contributed by atoms with Gasteiger partial charge in [-0.15, -0.1) is 0 Å². The van der Waals surface area contributed by atoms with E-state index in [1.54, 1.807) is 12.3 Å². The van der Waals surface area contributed by atoms with Gasteiger partial charge in [0, 0.05) is 30.1 Å². The van der Waals surface area contributed by atoms with Crippen LogP contribution in [0.2, 0.25) is 5.02 Å². The number of nitrogens with zero attached hydrogens (tertiary/aromatic N) is 4. The van der Waals surface area contributed by atoms with Gasteiger partial charge in [0.05, 0.1) is 30.0 Å². The van der Waals surface area contributed by atoms with E-state index in [4.69, 9.17) is 26.3 Å². The van der Waals surface area contributed by atoms with Gasteiger partial charge in [-0.3, -0.25) is 9.00 Å². The summed E-state index contributed by atoms with van der Waals surface area (Å²) < 4.78 is 17.6. The Bertz CT molecular complexity index is 1260. The van der Waals surface area contributed by atoms with Crippen molar-refractivity contribution in [3.63, 3.8) is 0 Å². The highest BCUT2D eigenvalue weighted by molar-refractivity contribution is 7.85. The van der Waals surface area contributed by atoms with Crippen molar-refractivity contribution >= 4 is 46.0 Å². The third kappa shape index (κ3) is 5.52. The van der Waals surface area contributed by atoms with Crippen LogP contribution in [0.25, 0.3) is 0 Å². The molecule has 0 radical (unpaired) electrons. The van der Waals surface area contributed by atoms with Gasteiger partial charge in [0.1, 0.15) is 10.7 Å². The van der Waals surface area contributed by atoms with Gasteiger partial charge in [-0.05, 0) is 60.9 Å². The second-order valence-electron chi connectivity index (χ2n) is 9.04. The smallest absolute Gasteiger partial charge is 0.310 e. The van der Waals surface area contributed by atoms with Crippen LogP contribution in [0.1, 0.15) is 42.0 Å². The molecule has 1 saturated heterocycles. The quantitative estimate of drug-likeness (QED) is 0.472. The van der Waals surface area contributed by atoms with E-state index in [2.05, 4.69) is 27.3 Å². The molecule has 5 rings (SSSR count). The molecule has 0 spiro atoms. The molecule has 36 heavy (non-hydrogen) atoms. The number of anilines is 3. The normalized spacial score (nSPS) is 17.9. The van der Waals surface area contributed by atoms with Gasteiger partial charge >= 0.3 is 5.97 Å². The zero-order chi connectivity index (χ0) is 25.1. The van der Waals surface area contributed by atoms with E-state index < -0.39 is 10.8 Å². The summed E-state index contributed by atoms with van der Waals surface area (Å²) in [7, 11) is 0.198. The van der Waals surface area contributed by atoms with Crippen LogP contribution in [-0.4, -0.2) is 51.1 Å². The van der Waals surface area contributed by atoms with Gasteiger partial charge in [-0.25, -0.2) is 9.97 Å². The predicted octanol–water partition coefficient (Wildman–Crippen LogP) is 4.42. The van der Waals surface area contributed by atoms with Crippen LogP contribution < -0.4 is 10.2 Å². The molecular weight excluding hydrogens is 498 g/mol. The first-order valence-electron chi connectivity index (χ1n) is 12.1. The van der Waals surface area contributed by atoms with Gasteiger partial charge in [0.15, 0.2) is 5.82 Å². The number of ether oxygens (including phenoxy) is 1. The Morgan fingerprint density at radius 3 is 2.64 bits per heavy atom. The summed E-state index contributed by atoms with van der Waals surface area (Å²) in [4.78, 5) is 28.5. The molecule has 0 amide bonds. The monoisotopic (exact) mass is 525 g/mol. The number of rotatable bonds is 6. The summed E-state index contributed by atoms with van der Waals surface area (Å²) in [5, 5.41) is 4.02. The van der Waals surface area contributed by atoms with Crippen molar-refractivity contribution in [1.29, 1.82) is 0 Å². The minimum Gasteiger partial charge on any atom is -0.469 e. The zero-order valence-corrected chi connectivity index (χ0v) is 21.6. The Hall–Kier alpha value is -3.04. The summed E-state index contributed by atoms with van der Waals surface area (Å²) in [5.41, 5.74) is 2.91. The highest BCUT2D eigenvalue weighted by Gasteiger charge is 2.28. The summed E-state index contributed by atoms with van der Waals surface area (Å²) in [5.74, 6) is 2.53. The maximum absolute atomic E-state index is 12.9. The van der Waals surface area contributed by atoms with Gasteiger partial charge < -0.3 is 15.0 Å². The van der Waals surface area contributed by atoms with Crippen molar-refractivity contribution in [2.75, 3.05) is 36.2 Å². The molecule has 1 atom stereocenters. The van der Waals surface area contributed by atoms with Crippen LogP contribution in [0.4, 0.5) is 17.6 Å². The number of carbonyl (C=O) groups is 1. The molecular formula is C26H28ClN5O3S. The molecule has 2 aromatic heterocycles. The van der Waals surface area contributed by atoms with Crippen molar-refractivity contribution in [2.24, 2.45) is 0 Å². The van der Waals surface area contributed by atoms with E-state index in [0.29, 0.717) is 34.2 Å². The molecule has 1 aromatic carbocycles. The average molecular weight is 526 g/mol. The summed E-state index contributed by atoms with van der Waals surface area (Å²) >= 11 is 6.05. The first-order chi connectivity index (χ1) is 17.5. The van der Waals surface area contributed by atoms with Crippen LogP contribution in [0.15, 0.2) is 47.5 Å². The third-order valence-electron chi connectivity index (χ3n) is 6.66. The van der Waals surface area contributed by atoms with E-state index in [0.717, 1.165) is 55.1 Å². The molecule has 2 aliphatic rings. The van der Waals surface area contributed by atoms with Crippen LogP contribution in [0, 0.1) is 0 Å². The molecule has 4 heterocycles. The fourth-order valence-corrected chi connectivity index (χ4v) is 6.16. The third-order valence-corrected chi connectivity index (χ3v) is 8.46. The lowest BCUT2D eigenvalue weighted by Crippen LogP contribution is -2.35. The number of hydrogen-bond donors (Lipinski definition) is 1. The lowest BCUT2D eigenvalue weighted by Gasteiger charge is -2.33. The largest absolute Gasteiger partial charge is 0.469 e. The SMILES string of the molecule is COC(=O)Cc1ccc(Nc2nc(N3CCC(c4ccc(Cl)cc4)CC3)nc3c2[S@](=O)CCC3)nc1. The fourth-order valence-electron chi connectivity index (χ4n) is 4.70. The Morgan fingerprint density at radius 1 is 1.17 bits per heavy atom. The first kappa shape index (κ1) is 24.6. The number of piperidine rings is 1. The standard InChI is InChI=1S/C26H28ClN5O3S/c1-35-23(33)15-17-4-9-22(28-16-17)30-25-24-21(3-2-14-36(24)34)29-26(31-25)32-12-10-19(11-13-32)18-5-7-20(27)8-6-18/h4-9,16,19H,2-3,10-15H2,1H3,(H,28,29,30,31)/t36-/m1/s1. The molecule has 1 fully saturated rings. The van der Waals surface area contributed by atoms with Gasteiger partial charge in [-0.1, -0.05) is 29.8 Å². The number of nitrogens with one attached hydrogen (secondary N) is 1. The number of carbonyl (C=O) groups excluding carboxylic acids is 1. The number of benzene rings is 1. The van der Waals surface area contributed by atoms with Crippen LogP contribution in [0.5, 0.6) is 0 Å². The number of pyridine rings is 1. The fraction of sp³-hybridized carbons (Fsp3) is 0.385. The van der Waals surface area contributed by atoms with Crippen LogP contribution in [0.3, 0.4) is 0 Å². The molecule has 1 N–H and O–H groups in total. The Kier molecular flexibility index (Phi) is 7.48. The summed E-state index contributed by atoms with van der Waals surface area (Å²) in [6.07, 6.45) is 5.41.